The number of esters is 1. The molecule has 0 saturated heterocycles. The van der Waals surface area contributed by atoms with Crippen LogP contribution in [0.1, 0.15) is 91.9 Å². The highest BCUT2D eigenvalue weighted by Crippen LogP contribution is 2.73. The van der Waals surface area contributed by atoms with E-state index in [0.29, 0.717) is 24.7 Å². The number of fused-ring (bicyclic) bond motifs is 7. The van der Waals surface area contributed by atoms with Gasteiger partial charge in [-0.1, -0.05) is 51.3 Å². The molecule has 34 heavy (non-hydrogen) atoms. The quantitative estimate of drug-likeness (QED) is 0.302. The Labute approximate surface area is 208 Å². The average molecular weight is 487 g/mol. The first kappa shape index (κ1) is 24.3. The number of unbranched alkanes of at least 4 members (excludes halogenated alkanes) is 2. The lowest BCUT2D eigenvalue weighted by Crippen LogP contribution is -2.59. The Morgan fingerprint density at radius 2 is 1.85 bits per heavy atom. The van der Waals surface area contributed by atoms with E-state index in [-0.39, 0.29) is 46.1 Å². The van der Waals surface area contributed by atoms with Gasteiger partial charge < -0.3 is 4.74 Å². The van der Waals surface area contributed by atoms with Gasteiger partial charge in [-0.3, -0.25) is 14.4 Å². The number of carbonyl (C=O) groups excluding carboxylic acids is 3. The second kappa shape index (κ2) is 8.32. The minimum absolute atomic E-state index is 0.00217. The van der Waals surface area contributed by atoms with Crippen LogP contribution in [0.3, 0.4) is 0 Å². The fourth-order valence-corrected chi connectivity index (χ4v) is 9.43. The largest absolute Gasteiger partial charge is 0.450 e. The third-order valence-corrected chi connectivity index (χ3v) is 11.1. The first-order chi connectivity index (χ1) is 16.2. The number of hydrogen-bond donors (Lipinski definition) is 0. The molecule has 0 radical (unpaired) electrons. The van der Waals surface area contributed by atoms with Crippen LogP contribution in [0.15, 0.2) is 22.8 Å². The summed E-state index contributed by atoms with van der Waals surface area (Å²) in [5.74, 6) is 1.49. The number of carbonyl (C=O) groups is 3. The number of allylic oxidation sites excluding steroid dienone is 4. The molecule has 5 aliphatic rings. The number of Topliss-reactive ketones (excluding diaryl/α,β-unsaturated/α-hetero) is 1. The molecular formula is C29H39ClO4. The summed E-state index contributed by atoms with van der Waals surface area (Å²) in [5.41, 5.74) is -0.406. The van der Waals surface area contributed by atoms with E-state index in [0.717, 1.165) is 62.0 Å². The van der Waals surface area contributed by atoms with E-state index in [1.165, 1.54) is 0 Å². The van der Waals surface area contributed by atoms with Gasteiger partial charge in [0.05, 0.1) is 0 Å². The van der Waals surface area contributed by atoms with E-state index >= 15 is 0 Å². The predicted molar refractivity (Wildman–Crippen MR) is 132 cm³/mol. The molecule has 3 fully saturated rings. The lowest BCUT2D eigenvalue weighted by Gasteiger charge is -2.58. The van der Waals surface area contributed by atoms with Gasteiger partial charge in [0.1, 0.15) is 0 Å². The summed E-state index contributed by atoms with van der Waals surface area (Å²) < 4.78 is 6.25. The molecule has 5 aliphatic carbocycles. The molecule has 8 atom stereocenters. The zero-order chi connectivity index (χ0) is 24.5. The topological polar surface area (TPSA) is 60.4 Å². The van der Waals surface area contributed by atoms with Gasteiger partial charge in [0.15, 0.2) is 17.2 Å². The van der Waals surface area contributed by atoms with E-state index in [1.807, 2.05) is 6.08 Å². The van der Waals surface area contributed by atoms with E-state index in [4.69, 9.17) is 16.3 Å². The van der Waals surface area contributed by atoms with Crippen LogP contribution >= 0.6 is 11.6 Å². The molecule has 4 nitrogen and oxygen atoms in total. The van der Waals surface area contributed by atoms with Crippen molar-refractivity contribution in [2.24, 2.45) is 40.4 Å². The first-order valence-corrected chi connectivity index (χ1v) is 13.9. The van der Waals surface area contributed by atoms with Gasteiger partial charge in [0, 0.05) is 28.2 Å². The van der Waals surface area contributed by atoms with Crippen molar-refractivity contribution in [1.29, 1.82) is 0 Å². The summed E-state index contributed by atoms with van der Waals surface area (Å²) in [6, 6.07) is 0. The molecule has 5 heteroatoms. The molecular weight excluding hydrogens is 448 g/mol. The molecule has 0 amide bonds. The Hall–Kier alpha value is -1.42. The highest BCUT2D eigenvalue weighted by Gasteiger charge is 2.71. The maximum absolute atomic E-state index is 13.3. The zero-order valence-corrected chi connectivity index (χ0v) is 21.9. The van der Waals surface area contributed by atoms with Crippen LogP contribution in [0.2, 0.25) is 0 Å². The lowest BCUT2D eigenvalue weighted by molar-refractivity contribution is -0.190. The van der Waals surface area contributed by atoms with Crippen molar-refractivity contribution in [3.8, 4) is 0 Å². The van der Waals surface area contributed by atoms with Crippen LogP contribution in [0.25, 0.3) is 0 Å². The van der Waals surface area contributed by atoms with Crippen LogP contribution in [0.5, 0.6) is 0 Å². The molecule has 0 aromatic heterocycles. The molecule has 0 bridgehead atoms. The van der Waals surface area contributed by atoms with E-state index < -0.39 is 5.60 Å². The molecule has 0 aliphatic heterocycles. The number of hydrogen-bond acceptors (Lipinski definition) is 4. The summed E-state index contributed by atoms with van der Waals surface area (Å²) in [7, 11) is 0. The fourth-order valence-electron chi connectivity index (χ4n) is 9.03. The predicted octanol–water partition coefficient (Wildman–Crippen LogP) is 6.56. The van der Waals surface area contributed by atoms with E-state index in [2.05, 4.69) is 26.8 Å². The Balaban J connectivity index is 1.51. The van der Waals surface area contributed by atoms with Crippen LogP contribution in [-0.4, -0.2) is 23.1 Å². The summed E-state index contributed by atoms with van der Waals surface area (Å²) in [4.78, 5) is 38.7. The van der Waals surface area contributed by atoms with Crippen LogP contribution in [0.4, 0.5) is 0 Å². The molecule has 0 spiro atoms. The van der Waals surface area contributed by atoms with E-state index in [9.17, 15) is 14.4 Å². The van der Waals surface area contributed by atoms with E-state index in [1.54, 1.807) is 6.92 Å². The highest BCUT2D eigenvalue weighted by molar-refractivity contribution is 6.32. The standard InChI is InChI=1S/C29H39ClO4/c1-5-7-8-9-26(33)34-29(17(3)31)13-11-21-18-15-24(30)23-16-25(32)19-14-22(19)27(23,4)20(18)10-12-28(21,29)6-2/h15-16,18-22H,5-14H2,1-4H3/t18-,19?,20-,21+,22?,27-,28+,29-/m1/s1. The summed E-state index contributed by atoms with van der Waals surface area (Å²) >= 11 is 6.91. The third-order valence-electron chi connectivity index (χ3n) is 10.8. The van der Waals surface area contributed by atoms with Gasteiger partial charge in [-0.25, -0.2) is 0 Å². The van der Waals surface area contributed by atoms with Gasteiger partial charge in [-0.2, -0.15) is 0 Å². The number of ether oxygens (including phenoxy) is 1. The zero-order valence-electron chi connectivity index (χ0n) is 21.1. The monoisotopic (exact) mass is 486 g/mol. The minimum atomic E-state index is -1.03. The molecule has 0 aromatic rings. The number of ketones is 2. The second-order valence-electron chi connectivity index (χ2n) is 11.9. The van der Waals surface area contributed by atoms with Gasteiger partial charge in [0.2, 0.25) is 0 Å². The lowest BCUT2D eigenvalue weighted by atomic mass is 9.46. The van der Waals surface area contributed by atoms with Crippen molar-refractivity contribution in [1.82, 2.24) is 0 Å². The fraction of sp³-hybridized carbons (Fsp3) is 0.759. The normalized spacial score (nSPS) is 44.1. The van der Waals surface area contributed by atoms with Crippen molar-refractivity contribution in [3.63, 3.8) is 0 Å². The smallest absolute Gasteiger partial charge is 0.306 e. The van der Waals surface area contributed by atoms with Gasteiger partial charge in [-0.15, -0.1) is 0 Å². The minimum Gasteiger partial charge on any atom is -0.450 e. The number of halogens is 1. The van der Waals surface area contributed by atoms with Crippen molar-refractivity contribution in [3.05, 3.63) is 22.8 Å². The van der Waals surface area contributed by atoms with Gasteiger partial charge in [-0.05, 0) is 87.2 Å². The maximum atomic E-state index is 13.3. The summed E-state index contributed by atoms with van der Waals surface area (Å²) in [5, 5.41) is 0.728. The van der Waals surface area contributed by atoms with Crippen LogP contribution < -0.4 is 0 Å². The Morgan fingerprint density at radius 1 is 1.12 bits per heavy atom. The van der Waals surface area contributed by atoms with Crippen molar-refractivity contribution in [2.45, 2.75) is 97.5 Å². The maximum Gasteiger partial charge on any atom is 0.306 e. The molecule has 0 aromatic carbocycles. The van der Waals surface area contributed by atoms with Crippen LogP contribution in [-0.2, 0) is 19.1 Å². The third kappa shape index (κ3) is 3.12. The van der Waals surface area contributed by atoms with Crippen molar-refractivity contribution < 1.29 is 19.1 Å². The summed E-state index contributed by atoms with van der Waals surface area (Å²) in [6.45, 7) is 8.24. The Bertz CT molecular complexity index is 981. The molecule has 0 N–H and O–H groups in total. The molecule has 3 saturated carbocycles. The average Bonchev–Trinajstić information content (AvgIpc) is 3.55. The van der Waals surface area contributed by atoms with Crippen molar-refractivity contribution >= 4 is 29.1 Å². The molecule has 0 heterocycles. The Morgan fingerprint density at radius 3 is 2.53 bits per heavy atom. The SMILES string of the molecule is CCCCCC(=O)O[C@@]1(C(C)=O)CC[C@H]2[C@@H]3C=C(Cl)C4=CC(=O)C5CC5[C@@]4(C)[C@@H]3CC[C@@]21CC. The van der Waals surface area contributed by atoms with Crippen molar-refractivity contribution in [2.75, 3.05) is 0 Å². The highest BCUT2D eigenvalue weighted by atomic mass is 35.5. The van der Waals surface area contributed by atoms with Gasteiger partial charge in [0.25, 0.3) is 0 Å². The second-order valence-corrected chi connectivity index (χ2v) is 12.3. The molecule has 5 rings (SSSR count). The molecule has 2 unspecified atom stereocenters. The first-order valence-electron chi connectivity index (χ1n) is 13.5. The van der Waals surface area contributed by atoms with Crippen LogP contribution in [0, 0.1) is 40.4 Å². The van der Waals surface area contributed by atoms with Gasteiger partial charge >= 0.3 is 5.97 Å². The summed E-state index contributed by atoms with van der Waals surface area (Å²) in [6.07, 6.45) is 12.4. The number of rotatable bonds is 7. The Kier molecular flexibility index (Phi) is 5.94. The molecule has 186 valence electrons.